The normalized spacial score (nSPS) is 25.7. The summed E-state index contributed by atoms with van der Waals surface area (Å²) in [6, 6.07) is 7.08. The highest BCUT2D eigenvalue weighted by Gasteiger charge is 2.55. The van der Waals surface area contributed by atoms with Crippen molar-refractivity contribution in [1.82, 2.24) is 20.4 Å². The molecule has 2 aliphatic heterocycles. The smallest absolute Gasteiger partial charge is 0.325 e. The van der Waals surface area contributed by atoms with Crippen molar-refractivity contribution in [3.8, 4) is 0 Å². The number of nitrogens with zero attached hydrogens (tertiary/aromatic N) is 2. The molecular weight excluding hydrogens is 360 g/mol. The van der Waals surface area contributed by atoms with Crippen LogP contribution in [0.4, 0.5) is 4.79 Å². The lowest BCUT2D eigenvalue weighted by atomic mass is 9.92. The summed E-state index contributed by atoms with van der Waals surface area (Å²) in [7, 11) is 0. The molecule has 28 heavy (non-hydrogen) atoms. The third-order valence-electron chi connectivity index (χ3n) is 5.77. The number of ether oxygens (including phenoxy) is 1. The first kappa shape index (κ1) is 18.9. The highest BCUT2D eigenvalue weighted by atomic mass is 16.5. The molecule has 2 atom stereocenters. The van der Waals surface area contributed by atoms with Crippen molar-refractivity contribution in [2.75, 3.05) is 39.4 Å². The Labute approximate surface area is 164 Å². The Morgan fingerprint density at radius 3 is 2.82 bits per heavy atom. The van der Waals surface area contributed by atoms with Gasteiger partial charge in [0.1, 0.15) is 12.1 Å². The topological polar surface area (TPSA) is 91.0 Å². The highest BCUT2D eigenvalue weighted by molar-refractivity contribution is 6.09. The van der Waals surface area contributed by atoms with Gasteiger partial charge in [-0.1, -0.05) is 24.3 Å². The first-order valence-electron chi connectivity index (χ1n) is 9.81. The zero-order chi connectivity index (χ0) is 19.7. The van der Waals surface area contributed by atoms with E-state index in [1.165, 1.54) is 0 Å². The van der Waals surface area contributed by atoms with Gasteiger partial charge in [-0.25, -0.2) is 4.79 Å². The van der Waals surface area contributed by atoms with E-state index in [4.69, 9.17) is 4.74 Å². The zero-order valence-corrected chi connectivity index (χ0v) is 16.1. The molecule has 8 nitrogen and oxygen atoms in total. The van der Waals surface area contributed by atoms with Crippen molar-refractivity contribution in [2.45, 2.75) is 31.3 Å². The van der Waals surface area contributed by atoms with Crippen LogP contribution in [0.15, 0.2) is 24.3 Å². The molecule has 0 saturated carbocycles. The average molecular weight is 386 g/mol. The number of rotatable bonds is 5. The standard InChI is InChI=1S/C20H26N4O4/c1-14(12-23-8-10-28-11-9-23)21-17(25)13-24-18(26)20(22-19(24)27)7-6-15-4-2-3-5-16(15)20/h2-5,14H,6-13H2,1H3,(H,21,25)(H,22,27)/t14-,20-/m1/s1. The van der Waals surface area contributed by atoms with Crippen LogP contribution in [0.2, 0.25) is 0 Å². The summed E-state index contributed by atoms with van der Waals surface area (Å²) in [5.41, 5.74) is 0.895. The Balaban J connectivity index is 1.38. The van der Waals surface area contributed by atoms with Crippen molar-refractivity contribution in [1.29, 1.82) is 0 Å². The third kappa shape index (κ3) is 3.38. The number of fused-ring (bicyclic) bond motifs is 2. The van der Waals surface area contributed by atoms with Crippen LogP contribution in [0.3, 0.4) is 0 Å². The second kappa shape index (κ2) is 7.52. The van der Waals surface area contributed by atoms with E-state index in [1.54, 1.807) is 0 Å². The minimum absolute atomic E-state index is 0.0764. The van der Waals surface area contributed by atoms with Gasteiger partial charge in [0, 0.05) is 25.7 Å². The number of hydrogen-bond donors (Lipinski definition) is 2. The van der Waals surface area contributed by atoms with E-state index in [0.717, 1.165) is 35.5 Å². The minimum atomic E-state index is -1.02. The van der Waals surface area contributed by atoms with Crippen LogP contribution < -0.4 is 10.6 Å². The lowest BCUT2D eigenvalue weighted by molar-refractivity contribution is -0.135. The van der Waals surface area contributed by atoms with E-state index in [9.17, 15) is 14.4 Å². The summed E-state index contributed by atoms with van der Waals surface area (Å²) in [6.45, 7) is 5.46. The van der Waals surface area contributed by atoms with Crippen molar-refractivity contribution in [3.05, 3.63) is 35.4 Å². The second-order valence-electron chi connectivity index (χ2n) is 7.77. The lowest BCUT2D eigenvalue weighted by Crippen LogP contribution is -2.49. The van der Waals surface area contributed by atoms with Gasteiger partial charge >= 0.3 is 6.03 Å². The van der Waals surface area contributed by atoms with Gasteiger partial charge in [-0.2, -0.15) is 0 Å². The molecule has 4 amide bonds. The van der Waals surface area contributed by atoms with Crippen molar-refractivity contribution in [2.24, 2.45) is 0 Å². The number of morpholine rings is 1. The number of carbonyl (C=O) groups is 3. The van der Waals surface area contributed by atoms with Gasteiger partial charge in [-0.15, -0.1) is 0 Å². The van der Waals surface area contributed by atoms with Crippen LogP contribution in [0.5, 0.6) is 0 Å². The highest BCUT2D eigenvalue weighted by Crippen LogP contribution is 2.41. The SMILES string of the molecule is C[C@H](CN1CCOCC1)NC(=O)CN1C(=O)N[C@@]2(CCc3ccccc32)C1=O. The first-order chi connectivity index (χ1) is 13.5. The van der Waals surface area contributed by atoms with Crippen LogP contribution in [0.1, 0.15) is 24.5 Å². The van der Waals surface area contributed by atoms with Crippen LogP contribution in [0.25, 0.3) is 0 Å². The molecule has 1 aromatic carbocycles. The van der Waals surface area contributed by atoms with Gasteiger partial charge in [0.05, 0.1) is 13.2 Å². The number of carbonyl (C=O) groups excluding carboxylic acids is 3. The molecule has 1 aliphatic carbocycles. The molecule has 8 heteroatoms. The molecule has 0 unspecified atom stereocenters. The van der Waals surface area contributed by atoms with Gasteiger partial charge in [-0.05, 0) is 30.9 Å². The molecule has 1 spiro atoms. The van der Waals surface area contributed by atoms with Gasteiger partial charge in [-0.3, -0.25) is 19.4 Å². The van der Waals surface area contributed by atoms with Gasteiger partial charge in [0.25, 0.3) is 5.91 Å². The number of benzene rings is 1. The van der Waals surface area contributed by atoms with Crippen LogP contribution in [0, 0.1) is 0 Å². The quantitative estimate of drug-likeness (QED) is 0.707. The van der Waals surface area contributed by atoms with E-state index >= 15 is 0 Å². The molecule has 2 saturated heterocycles. The fraction of sp³-hybridized carbons (Fsp3) is 0.550. The number of urea groups is 1. The Morgan fingerprint density at radius 2 is 2.04 bits per heavy atom. The Bertz CT molecular complexity index is 792. The molecular formula is C20H26N4O4. The number of imide groups is 1. The number of amides is 4. The predicted octanol–water partition coefficient (Wildman–Crippen LogP) is 0.217. The largest absolute Gasteiger partial charge is 0.379 e. The molecule has 4 rings (SSSR count). The maximum Gasteiger partial charge on any atom is 0.325 e. The van der Waals surface area contributed by atoms with E-state index in [-0.39, 0.29) is 24.4 Å². The summed E-state index contributed by atoms with van der Waals surface area (Å²) < 4.78 is 5.33. The van der Waals surface area contributed by atoms with E-state index in [2.05, 4.69) is 15.5 Å². The van der Waals surface area contributed by atoms with Crippen LogP contribution in [-0.2, 0) is 26.3 Å². The fourth-order valence-corrected chi connectivity index (χ4v) is 4.41. The van der Waals surface area contributed by atoms with Crippen molar-refractivity contribution < 1.29 is 19.1 Å². The summed E-state index contributed by atoms with van der Waals surface area (Å²) in [5, 5.41) is 5.74. The van der Waals surface area contributed by atoms with E-state index in [0.29, 0.717) is 26.2 Å². The summed E-state index contributed by atoms with van der Waals surface area (Å²) in [4.78, 5) is 41.3. The molecule has 150 valence electrons. The first-order valence-corrected chi connectivity index (χ1v) is 9.81. The fourth-order valence-electron chi connectivity index (χ4n) is 4.41. The van der Waals surface area contributed by atoms with Crippen molar-refractivity contribution in [3.63, 3.8) is 0 Å². The van der Waals surface area contributed by atoms with Crippen LogP contribution in [-0.4, -0.2) is 73.1 Å². The van der Waals surface area contributed by atoms with E-state index in [1.807, 2.05) is 31.2 Å². The summed E-state index contributed by atoms with van der Waals surface area (Å²) >= 11 is 0. The monoisotopic (exact) mass is 386 g/mol. The molecule has 2 heterocycles. The molecule has 2 fully saturated rings. The molecule has 1 aromatic rings. The zero-order valence-electron chi connectivity index (χ0n) is 16.1. The van der Waals surface area contributed by atoms with Gasteiger partial charge in [0.2, 0.25) is 5.91 Å². The van der Waals surface area contributed by atoms with Gasteiger partial charge in [0.15, 0.2) is 0 Å². The van der Waals surface area contributed by atoms with E-state index < -0.39 is 11.6 Å². The van der Waals surface area contributed by atoms with Crippen LogP contribution >= 0.6 is 0 Å². The number of nitrogens with one attached hydrogen (secondary N) is 2. The molecule has 0 bridgehead atoms. The Kier molecular flexibility index (Phi) is 5.07. The minimum Gasteiger partial charge on any atom is -0.379 e. The predicted molar refractivity (Wildman–Crippen MR) is 102 cm³/mol. The second-order valence-corrected chi connectivity index (χ2v) is 7.77. The number of aryl methyl sites for hydroxylation is 1. The Morgan fingerprint density at radius 1 is 1.29 bits per heavy atom. The molecule has 3 aliphatic rings. The summed E-state index contributed by atoms with van der Waals surface area (Å²) in [6.07, 6.45) is 1.27. The molecule has 0 aromatic heterocycles. The average Bonchev–Trinajstić information content (AvgIpc) is 3.16. The van der Waals surface area contributed by atoms with Gasteiger partial charge < -0.3 is 15.4 Å². The maximum atomic E-state index is 13.1. The lowest BCUT2D eigenvalue weighted by Gasteiger charge is -2.29. The molecule has 0 radical (unpaired) electrons. The number of hydrogen-bond acceptors (Lipinski definition) is 5. The van der Waals surface area contributed by atoms with Crippen molar-refractivity contribution >= 4 is 17.8 Å². The molecule has 2 N–H and O–H groups in total. The summed E-state index contributed by atoms with van der Waals surface area (Å²) in [5.74, 6) is -0.661. The third-order valence-corrected chi connectivity index (χ3v) is 5.77. The Hall–Kier alpha value is -2.45. The maximum absolute atomic E-state index is 13.1.